The first kappa shape index (κ1) is 20.6. The van der Waals surface area contributed by atoms with Crippen molar-refractivity contribution in [3.8, 4) is 0 Å². The van der Waals surface area contributed by atoms with Crippen LogP contribution in [0.2, 0.25) is 0 Å². The zero-order valence-electron chi connectivity index (χ0n) is 19.1. The number of allylic oxidation sites excluding steroid dienone is 2. The molecule has 0 spiro atoms. The fourth-order valence-corrected chi connectivity index (χ4v) is 5.10. The Labute approximate surface area is 188 Å². The summed E-state index contributed by atoms with van der Waals surface area (Å²) in [6.45, 7) is 9.66. The summed E-state index contributed by atoms with van der Waals surface area (Å²) >= 11 is 0. The molecule has 162 valence electrons. The van der Waals surface area contributed by atoms with Gasteiger partial charge in [0.05, 0.1) is 11.0 Å². The van der Waals surface area contributed by atoms with Crippen LogP contribution < -0.4 is 0 Å². The van der Waals surface area contributed by atoms with Gasteiger partial charge in [-0.3, -0.25) is 9.59 Å². The number of ketones is 2. The molecule has 1 fully saturated rings. The van der Waals surface area contributed by atoms with Crippen molar-refractivity contribution in [2.45, 2.75) is 45.4 Å². The molecule has 1 aliphatic carbocycles. The molecule has 0 radical (unpaired) electrons. The maximum atomic E-state index is 13.2. The van der Waals surface area contributed by atoms with E-state index in [0.29, 0.717) is 11.5 Å². The van der Waals surface area contributed by atoms with Gasteiger partial charge in [-0.1, -0.05) is 50.2 Å². The first-order valence-corrected chi connectivity index (χ1v) is 11.4. The van der Waals surface area contributed by atoms with E-state index in [-0.39, 0.29) is 17.0 Å². The normalized spacial score (nSPS) is 19.7. The number of aromatic amines is 1. The van der Waals surface area contributed by atoms with Crippen molar-refractivity contribution >= 4 is 33.9 Å². The summed E-state index contributed by atoms with van der Waals surface area (Å²) in [4.78, 5) is 29.6. The van der Waals surface area contributed by atoms with Gasteiger partial charge in [0, 0.05) is 41.2 Å². The number of aromatic nitrogens is 1. The molecule has 32 heavy (non-hydrogen) atoms. The number of benzene rings is 2. The van der Waals surface area contributed by atoms with Crippen molar-refractivity contribution in [1.82, 2.24) is 4.98 Å². The molecular formula is C28H29N2O2+. The maximum absolute atomic E-state index is 13.2. The number of H-pyrrole nitrogens is 1. The van der Waals surface area contributed by atoms with Gasteiger partial charge in [0.25, 0.3) is 0 Å². The van der Waals surface area contributed by atoms with Crippen LogP contribution in [0.3, 0.4) is 0 Å². The van der Waals surface area contributed by atoms with Gasteiger partial charge in [0.2, 0.25) is 5.69 Å². The summed E-state index contributed by atoms with van der Waals surface area (Å²) in [5.41, 5.74) is 5.23. The zero-order valence-corrected chi connectivity index (χ0v) is 19.1. The summed E-state index contributed by atoms with van der Waals surface area (Å²) in [6.07, 6.45) is 4.71. The number of carbonyl (C=O) groups excluding carboxylic acids is 2. The lowest BCUT2D eigenvalue weighted by atomic mass is 9.71. The second-order valence-electron chi connectivity index (χ2n) is 9.87. The average molecular weight is 426 g/mol. The molecule has 0 atom stereocenters. The van der Waals surface area contributed by atoms with Crippen LogP contribution in [0, 0.1) is 5.92 Å². The van der Waals surface area contributed by atoms with Crippen molar-refractivity contribution in [2.75, 3.05) is 6.54 Å². The number of Topliss-reactive ketones (excluding diaryl/α,β-unsaturated/α-hetero) is 2. The molecule has 2 aliphatic rings. The Morgan fingerprint density at radius 1 is 1.03 bits per heavy atom. The molecule has 4 heteroatoms. The highest BCUT2D eigenvalue weighted by Gasteiger charge is 2.50. The second-order valence-corrected chi connectivity index (χ2v) is 9.87. The molecule has 0 bridgehead atoms. The lowest BCUT2D eigenvalue weighted by Gasteiger charge is -2.26. The van der Waals surface area contributed by atoms with Gasteiger partial charge < -0.3 is 4.98 Å². The quantitative estimate of drug-likeness (QED) is 0.256. The zero-order chi connectivity index (χ0) is 22.6. The topological polar surface area (TPSA) is 52.9 Å². The molecule has 5 rings (SSSR count). The molecule has 1 saturated carbocycles. The minimum atomic E-state index is -0.700. The fourth-order valence-electron chi connectivity index (χ4n) is 5.10. The van der Waals surface area contributed by atoms with Crippen molar-refractivity contribution < 1.29 is 14.2 Å². The Kier molecular flexibility index (Phi) is 4.77. The number of hydrogen-bond donors (Lipinski definition) is 1. The average Bonchev–Trinajstić information content (AvgIpc) is 3.28. The van der Waals surface area contributed by atoms with Crippen molar-refractivity contribution in [3.05, 3.63) is 77.5 Å². The van der Waals surface area contributed by atoms with Crippen LogP contribution in [0.1, 0.15) is 51.2 Å². The van der Waals surface area contributed by atoms with E-state index in [1.54, 1.807) is 6.20 Å². The van der Waals surface area contributed by atoms with Crippen molar-refractivity contribution in [1.29, 1.82) is 0 Å². The molecule has 0 unspecified atom stereocenters. The Morgan fingerprint density at radius 3 is 2.47 bits per heavy atom. The molecule has 1 N–H and O–H groups in total. The highest BCUT2D eigenvalue weighted by Crippen LogP contribution is 2.43. The Balaban J connectivity index is 1.55. The third-order valence-corrected chi connectivity index (χ3v) is 7.00. The number of nitrogens with zero attached hydrogens (tertiary/aromatic N) is 1. The van der Waals surface area contributed by atoms with E-state index in [9.17, 15) is 9.59 Å². The van der Waals surface area contributed by atoms with E-state index in [4.69, 9.17) is 0 Å². The molecule has 1 aliphatic heterocycles. The summed E-state index contributed by atoms with van der Waals surface area (Å²) in [6, 6.07) is 16.2. The first-order chi connectivity index (χ1) is 15.3. The molecule has 2 heterocycles. The summed E-state index contributed by atoms with van der Waals surface area (Å²) in [5.74, 6) is -0.294. The summed E-state index contributed by atoms with van der Waals surface area (Å²) < 4.78 is 2.31. The molecule has 2 aromatic carbocycles. The van der Waals surface area contributed by atoms with E-state index < -0.39 is 5.92 Å². The van der Waals surface area contributed by atoms with Crippen LogP contribution in [0.15, 0.2) is 66.4 Å². The van der Waals surface area contributed by atoms with Crippen molar-refractivity contribution in [2.24, 2.45) is 5.92 Å². The molecule has 0 saturated heterocycles. The Hall–Kier alpha value is -3.27. The highest BCUT2D eigenvalue weighted by atomic mass is 16.2. The van der Waals surface area contributed by atoms with Gasteiger partial charge >= 0.3 is 0 Å². The van der Waals surface area contributed by atoms with Crippen LogP contribution in [0.4, 0.5) is 5.69 Å². The second kappa shape index (κ2) is 7.40. The van der Waals surface area contributed by atoms with Crippen LogP contribution in [0.25, 0.3) is 10.9 Å². The first-order valence-electron chi connectivity index (χ1n) is 11.4. The SMILES string of the molecule is CC(C)CC[N+]1=C(C=C2C(=O)C(c3c[nH]c4ccccc34)C2=O)C(C)(C)c2ccccc21. The monoisotopic (exact) mass is 425 g/mol. The van der Waals surface area contributed by atoms with E-state index in [2.05, 4.69) is 61.5 Å². The van der Waals surface area contributed by atoms with E-state index in [1.165, 1.54) is 11.3 Å². The largest absolute Gasteiger partial charge is 0.361 e. The Morgan fingerprint density at radius 2 is 1.72 bits per heavy atom. The fraction of sp³-hybridized carbons (Fsp3) is 0.321. The van der Waals surface area contributed by atoms with Gasteiger partial charge in [-0.15, -0.1) is 0 Å². The van der Waals surface area contributed by atoms with Gasteiger partial charge in [0.15, 0.2) is 17.3 Å². The minimum absolute atomic E-state index is 0.0807. The predicted molar refractivity (Wildman–Crippen MR) is 128 cm³/mol. The number of fused-ring (bicyclic) bond motifs is 2. The minimum Gasteiger partial charge on any atom is -0.361 e. The smallest absolute Gasteiger partial charge is 0.209 e. The van der Waals surface area contributed by atoms with Gasteiger partial charge in [0.1, 0.15) is 12.5 Å². The van der Waals surface area contributed by atoms with Gasteiger partial charge in [-0.05, 0) is 31.4 Å². The number of nitrogens with one attached hydrogen (secondary N) is 1. The van der Waals surface area contributed by atoms with Crippen molar-refractivity contribution in [3.63, 3.8) is 0 Å². The van der Waals surface area contributed by atoms with E-state index in [0.717, 1.165) is 35.1 Å². The molecule has 3 aromatic rings. The molecular weight excluding hydrogens is 396 g/mol. The van der Waals surface area contributed by atoms with E-state index >= 15 is 0 Å². The number of rotatable bonds is 5. The van der Waals surface area contributed by atoms with Gasteiger partial charge in [-0.2, -0.15) is 4.58 Å². The van der Waals surface area contributed by atoms with Crippen LogP contribution in [-0.4, -0.2) is 33.4 Å². The number of para-hydroxylation sites is 2. The molecule has 0 amide bonds. The number of carbonyl (C=O) groups is 2. The maximum Gasteiger partial charge on any atom is 0.209 e. The third kappa shape index (κ3) is 3.01. The molecule has 1 aromatic heterocycles. The highest BCUT2D eigenvalue weighted by molar-refractivity contribution is 6.43. The molecule has 4 nitrogen and oxygen atoms in total. The summed E-state index contributed by atoms with van der Waals surface area (Å²) in [5, 5.41) is 0.943. The number of hydrogen-bond acceptors (Lipinski definition) is 2. The van der Waals surface area contributed by atoms with Crippen LogP contribution >= 0.6 is 0 Å². The lowest BCUT2D eigenvalue weighted by molar-refractivity contribution is -0.439. The standard InChI is InChI=1S/C28H28N2O2/c1-17(2)13-14-30-23-12-8-6-10-21(23)28(3,4)24(30)15-19-26(31)25(27(19)32)20-16-29-22-11-7-5-9-18(20)22/h5-12,15-17,25H,13-14H2,1-4H3/p+1. The van der Waals surface area contributed by atoms with E-state index in [1.807, 2.05) is 30.3 Å². The lowest BCUT2D eigenvalue weighted by Crippen LogP contribution is -2.40. The van der Waals surface area contributed by atoms with Crippen LogP contribution in [0.5, 0.6) is 0 Å². The predicted octanol–water partition coefficient (Wildman–Crippen LogP) is 5.45. The third-order valence-electron chi connectivity index (χ3n) is 7.00. The Bertz CT molecular complexity index is 1300. The summed E-state index contributed by atoms with van der Waals surface area (Å²) in [7, 11) is 0. The van der Waals surface area contributed by atoms with Gasteiger partial charge in [-0.25, -0.2) is 0 Å². The van der Waals surface area contributed by atoms with Crippen LogP contribution in [-0.2, 0) is 15.0 Å².